The molecule has 0 fully saturated rings. The number of thiazole rings is 1. The molecule has 0 amide bonds. The van der Waals surface area contributed by atoms with Gasteiger partial charge in [0.15, 0.2) is 16.6 Å². The summed E-state index contributed by atoms with van der Waals surface area (Å²) >= 11 is 1.38. The highest BCUT2D eigenvalue weighted by Crippen LogP contribution is 2.27. The maximum atomic E-state index is 10.5. The topological polar surface area (TPSA) is 83.5 Å². The van der Waals surface area contributed by atoms with Crippen molar-refractivity contribution in [1.82, 2.24) is 4.98 Å². The van der Waals surface area contributed by atoms with Gasteiger partial charge in [0.2, 0.25) is 0 Å². The molecule has 0 radical (unpaired) electrons. The lowest BCUT2D eigenvalue weighted by atomic mass is 10.1. The molecule has 0 aliphatic carbocycles. The van der Waals surface area contributed by atoms with Crippen molar-refractivity contribution in [2.75, 3.05) is 26.1 Å². The van der Waals surface area contributed by atoms with E-state index in [1.807, 2.05) is 18.2 Å². The minimum atomic E-state index is -1.12. The van der Waals surface area contributed by atoms with Crippen LogP contribution in [0.5, 0.6) is 11.5 Å². The van der Waals surface area contributed by atoms with E-state index in [1.54, 1.807) is 19.6 Å². The van der Waals surface area contributed by atoms with Gasteiger partial charge in [-0.25, -0.2) is 4.98 Å². The highest BCUT2D eigenvalue weighted by Gasteiger charge is 2.05. The van der Waals surface area contributed by atoms with Crippen molar-refractivity contribution in [3.63, 3.8) is 0 Å². The summed E-state index contributed by atoms with van der Waals surface area (Å²) in [7, 11) is 3.21. The van der Waals surface area contributed by atoms with Crippen molar-refractivity contribution >= 4 is 22.4 Å². The van der Waals surface area contributed by atoms with E-state index in [2.05, 4.69) is 10.3 Å². The normalized spacial score (nSPS) is 10.3. The van der Waals surface area contributed by atoms with Crippen LogP contribution in [0.25, 0.3) is 0 Å². The molecule has 1 N–H and O–H groups in total. The first-order chi connectivity index (χ1) is 10.6. The van der Waals surface area contributed by atoms with Gasteiger partial charge in [-0.15, -0.1) is 11.3 Å². The van der Waals surface area contributed by atoms with Crippen LogP contribution >= 0.6 is 11.3 Å². The number of anilines is 1. The molecule has 22 heavy (non-hydrogen) atoms. The third-order valence-electron chi connectivity index (χ3n) is 3.02. The first-order valence-electron chi connectivity index (χ1n) is 6.71. The van der Waals surface area contributed by atoms with Gasteiger partial charge in [-0.1, -0.05) is 6.07 Å². The van der Waals surface area contributed by atoms with E-state index in [0.717, 1.165) is 12.0 Å². The summed E-state index contributed by atoms with van der Waals surface area (Å²) in [5.74, 6) is 0.277. The van der Waals surface area contributed by atoms with E-state index in [-0.39, 0.29) is 6.42 Å². The first-order valence-corrected chi connectivity index (χ1v) is 7.59. The molecule has 0 saturated heterocycles. The number of benzene rings is 1. The van der Waals surface area contributed by atoms with Gasteiger partial charge in [0.1, 0.15) is 0 Å². The second-order valence-electron chi connectivity index (χ2n) is 4.56. The van der Waals surface area contributed by atoms with E-state index in [9.17, 15) is 9.90 Å². The van der Waals surface area contributed by atoms with Gasteiger partial charge in [-0.05, 0) is 24.1 Å². The number of aromatic nitrogens is 1. The molecule has 1 heterocycles. The lowest BCUT2D eigenvalue weighted by Crippen LogP contribution is -2.24. The Morgan fingerprint density at radius 3 is 2.77 bits per heavy atom. The van der Waals surface area contributed by atoms with Gasteiger partial charge in [0.05, 0.1) is 19.9 Å². The van der Waals surface area contributed by atoms with Gasteiger partial charge >= 0.3 is 0 Å². The van der Waals surface area contributed by atoms with Crippen LogP contribution in [0.15, 0.2) is 23.6 Å². The quantitative estimate of drug-likeness (QED) is 0.784. The zero-order chi connectivity index (χ0) is 15.9. The molecule has 0 spiro atoms. The highest BCUT2D eigenvalue weighted by atomic mass is 32.1. The van der Waals surface area contributed by atoms with Crippen LogP contribution in [-0.4, -0.2) is 31.7 Å². The Labute approximate surface area is 132 Å². The third kappa shape index (κ3) is 4.36. The Kier molecular flexibility index (Phi) is 5.60. The minimum absolute atomic E-state index is 0.159. The lowest BCUT2D eigenvalue weighted by Gasteiger charge is -2.09. The lowest BCUT2D eigenvalue weighted by molar-refractivity contribution is -0.304. The number of aliphatic carboxylic acids is 1. The molecule has 0 aliphatic rings. The average molecular weight is 321 g/mol. The summed E-state index contributed by atoms with van der Waals surface area (Å²) in [6.07, 6.45) is 0.629. The molecule has 0 saturated carbocycles. The van der Waals surface area contributed by atoms with Crippen LogP contribution in [0.3, 0.4) is 0 Å². The number of rotatable bonds is 8. The number of hydrogen-bond donors (Lipinski definition) is 1. The summed E-state index contributed by atoms with van der Waals surface area (Å²) in [6.45, 7) is 0.688. The molecular formula is C15H17N2O4S-. The highest BCUT2D eigenvalue weighted by molar-refractivity contribution is 7.13. The van der Waals surface area contributed by atoms with Crippen LogP contribution in [0.4, 0.5) is 5.13 Å². The van der Waals surface area contributed by atoms with Crippen LogP contribution in [0, 0.1) is 0 Å². The van der Waals surface area contributed by atoms with Crippen molar-refractivity contribution in [2.24, 2.45) is 0 Å². The maximum Gasteiger partial charge on any atom is 0.182 e. The van der Waals surface area contributed by atoms with Crippen LogP contribution in [-0.2, 0) is 17.6 Å². The summed E-state index contributed by atoms with van der Waals surface area (Å²) in [4.78, 5) is 14.7. The smallest absolute Gasteiger partial charge is 0.182 e. The Balaban J connectivity index is 1.88. The second-order valence-corrected chi connectivity index (χ2v) is 5.42. The molecule has 7 heteroatoms. The standard InChI is InChI=1S/C15H18N2O4S/c1-20-12-4-3-10(7-13(12)21-2)5-6-16-15-17-11(9-22-15)8-14(18)19/h3-4,7,9H,5-6,8H2,1-2H3,(H,16,17)(H,18,19)/p-1. The van der Waals surface area contributed by atoms with Gasteiger partial charge < -0.3 is 24.7 Å². The summed E-state index contributed by atoms with van der Waals surface area (Å²) in [5.41, 5.74) is 1.62. The Bertz CT molecular complexity index is 642. The van der Waals surface area contributed by atoms with E-state index >= 15 is 0 Å². The van der Waals surface area contributed by atoms with Crippen molar-refractivity contribution in [1.29, 1.82) is 0 Å². The molecule has 0 atom stereocenters. The molecule has 0 bridgehead atoms. The van der Waals surface area contributed by atoms with Crippen molar-refractivity contribution in [3.8, 4) is 11.5 Å². The van der Waals surface area contributed by atoms with Gasteiger partial charge in [-0.3, -0.25) is 0 Å². The number of carboxylic acid groups (broad SMARTS) is 1. The molecule has 2 rings (SSSR count). The number of carboxylic acids is 1. The minimum Gasteiger partial charge on any atom is -0.550 e. The molecule has 6 nitrogen and oxygen atoms in total. The number of nitrogens with one attached hydrogen (secondary N) is 1. The van der Waals surface area contributed by atoms with Gasteiger partial charge in [0, 0.05) is 24.3 Å². The predicted molar refractivity (Wildman–Crippen MR) is 82.6 cm³/mol. The Hall–Kier alpha value is -2.28. The van der Waals surface area contributed by atoms with Crippen molar-refractivity contribution in [3.05, 3.63) is 34.8 Å². The molecule has 118 valence electrons. The number of nitrogens with zero attached hydrogens (tertiary/aromatic N) is 1. The van der Waals surface area contributed by atoms with Crippen molar-refractivity contribution < 1.29 is 19.4 Å². The second kappa shape index (κ2) is 7.65. The molecule has 1 aromatic carbocycles. The number of methoxy groups -OCH3 is 2. The molecule has 2 aromatic rings. The third-order valence-corrected chi connectivity index (χ3v) is 3.86. The summed E-state index contributed by atoms with van der Waals surface area (Å²) in [5, 5.41) is 16.1. The Morgan fingerprint density at radius 2 is 2.09 bits per heavy atom. The number of carbonyl (C=O) groups is 1. The summed E-state index contributed by atoms with van der Waals surface area (Å²) < 4.78 is 10.5. The number of hydrogen-bond acceptors (Lipinski definition) is 7. The fourth-order valence-corrected chi connectivity index (χ4v) is 2.71. The van der Waals surface area contributed by atoms with E-state index in [4.69, 9.17) is 9.47 Å². The molecule has 0 aliphatic heterocycles. The maximum absolute atomic E-state index is 10.5. The average Bonchev–Trinajstić information content (AvgIpc) is 2.93. The van der Waals surface area contributed by atoms with Gasteiger partial charge in [-0.2, -0.15) is 0 Å². The summed E-state index contributed by atoms with van der Waals surface area (Å²) in [6, 6.07) is 5.78. The zero-order valence-corrected chi connectivity index (χ0v) is 13.2. The number of ether oxygens (including phenoxy) is 2. The SMILES string of the molecule is COc1ccc(CCNc2nc(CC(=O)[O-])cs2)cc1OC. The largest absolute Gasteiger partial charge is 0.550 e. The zero-order valence-electron chi connectivity index (χ0n) is 12.4. The fourth-order valence-electron chi connectivity index (χ4n) is 1.97. The first kappa shape index (κ1) is 16.1. The molecular weight excluding hydrogens is 304 g/mol. The van der Waals surface area contributed by atoms with Crippen molar-refractivity contribution in [2.45, 2.75) is 12.8 Å². The molecule has 0 unspecified atom stereocenters. The molecule has 1 aromatic heterocycles. The van der Waals surface area contributed by atoms with Crippen LogP contribution in [0.2, 0.25) is 0 Å². The monoisotopic (exact) mass is 321 g/mol. The van der Waals surface area contributed by atoms with E-state index in [1.165, 1.54) is 11.3 Å². The van der Waals surface area contributed by atoms with Crippen LogP contribution < -0.4 is 19.9 Å². The van der Waals surface area contributed by atoms with Crippen LogP contribution in [0.1, 0.15) is 11.3 Å². The Morgan fingerprint density at radius 1 is 1.32 bits per heavy atom. The van der Waals surface area contributed by atoms with E-state index < -0.39 is 5.97 Å². The van der Waals surface area contributed by atoms with Gasteiger partial charge in [0.25, 0.3) is 0 Å². The number of carbonyl (C=O) groups excluding carboxylic acids is 1. The fraction of sp³-hybridized carbons (Fsp3) is 0.333. The van der Waals surface area contributed by atoms with E-state index in [0.29, 0.717) is 28.9 Å². The predicted octanol–water partition coefficient (Wildman–Crippen LogP) is 1.11.